The van der Waals surface area contributed by atoms with Crippen molar-refractivity contribution in [2.45, 2.75) is 0 Å². The fraction of sp³-hybridized carbons (Fsp3) is 0.300. The average Bonchev–Trinajstić information content (AvgIpc) is 2.69. The van der Waals surface area contributed by atoms with Crippen LogP contribution in [0.15, 0.2) is 48.5 Å². The first-order chi connectivity index (χ1) is 13.1. The number of amides is 2. The molecule has 3 rings (SSSR count). The Hall–Kier alpha value is -1.97. The lowest BCUT2D eigenvalue weighted by atomic mass is 10.1. The van der Waals surface area contributed by atoms with Crippen LogP contribution < -0.4 is 10.6 Å². The van der Waals surface area contributed by atoms with Gasteiger partial charge in [0, 0.05) is 35.3 Å². The maximum absolute atomic E-state index is 12.6. The normalized spacial score (nSPS) is 14.6. The number of benzene rings is 2. The molecular weight excluding hydrogens is 457 g/mol. The molecule has 0 aliphatic carbocycles. The van der Waals surface area contributed by atoms with Crippen molar-refractivity contribution >= 4 is 40.1 Å². The summed E-state index contributed by atoms with van der Waals surface area (Å²) < 4.78 is 6.30. The number of rotatable bonds is 6. The van der Waals surface area contributed by atoms with Gasteiger partial charge in [-0.05, 0) is 52.9 Å². The van der Waals surface area contributed by atoms with Crippen molar-refractivity contribution in [1.29, 1.82) is 0 Å². The van der Waals surface area contributed by atoms with E-state index in [1.807, 2.05) is 12.1 Å². The highest BCUT2D eigenvalue weighted by Gasteiger charge is 2.15. The van der Waals surface area contributed by atoms with Crippen LogP contribution in [0.1, 0.15) is 20.7 Å². The Bertz CT molecular complexity index is 807. The lowest BCUT2D eigenvalue weighted by Crippen LogP contribution is -2.41. The third kappa shape index (κ3) is 5.75. The van der Waals surface area contributed by atoms with E-state index in [4.69, 9.17) is 4.74 Å². The van der Waals surface area contributed by atoms with Gasteiger partial charge in [-0.15, -0.1) is 0 Å². The first kappa shape index (κ1) is 19.8. The second kappa shape index (κ2) is 9.82. The Balaban J connectivity index is 1.60. The molecule has 0 unspecified atom stereocenters. The molecule has 2 amide bonds. The number of nitrogens with zero attached hydrogens (tertiary/aromatic N) is 1. The van der Waals surface area contributed by atoms with Crippen LogP contribution in [-0.4, -0.2) is 56.1 Å². The number of carbonyl (C=O) groups excluding carboxylic acids is 2. The summed E-state index contributed by atoms with van der Waals surface area (Å²) in [5.41, 5.74) is 1.52. The van der Waals surface area contributed by atoms with Crippen LogP contribution in [0, 0.1) is 3.57 Å². The number of ether oxygens (including phenoxy) is 1. The summed E-state index contributed by atoms with van der Waals surface area (Å²) in [6.45, 7) is 4.59. The maximum atomic E-state index is 12.6. The van der Waals surface area contributed by atoms with Crippen molar-refractivity contribution in [2.75, 3.05) is 44.7 Å². The molecule has 1 aliphatic rings. The van der Waals surface area contributed by atoms with Gasteiger partial charge in [0.2, 0.25) is 0 Å². The summed E-state index contributed by atoms with van der Waals surface area (Å²) in [4.78, 5) is 27.3. The average molecular weight is 479 g/mol. The fourth-order valence-electron chi connectivity index (χ4n) is 2.86. The van der Waals surface area contributed by atoms with Crippen LogP contribution in [0.3, 0.4) is 0 Å². The van der Waals surface area contributed by atoms with Crippen molar-refractivity contribution in [3.05, 3.63) is 63.2 Å². The minimum Gasteiger partial charge on any atom is -0.379 e. The van der Waals surface area contributed by atoms with Gasteiger partial charge in [0.05, 0.1) is 24.5 Å². The number of hydrogen-bond acceptors (Lipinski definition) is 4. The summed E-state index contributed by atoms with van der Waals surface area (Å²) in [6, 6.07) is 14.4. The minimum atomic E-state index is -0.234. The number of nitrogens with one attached hydrogen (secondary N) is 2. The van der Waals surface area contributed by atoms with E-state index in [9.17, 15) is 9.59 Å². The van der Waals surface area contributed by atoms with Gasteiger partial charge in [-0.3, -0.25) is 14.5 Å². The van der Waals surface area contributed by atoms with Gasteiger partial charge < -0.3 is 15.4 Å². The highest BCUT2D eigenvalue weighted by molar-refractivity contribution is 14.1. The van der Waals surface area contributed by atoms with Crippen LogP contribution in [0.25, 0.3) is 0 Å². The lowest BCUT2D eigenvalue weighted by Gasteiger charge is -2.26. The Morgan fingerprint density at radius 1 is 1.04 bits per heavy atom. The Morgan fingerprint density at radius 2 is 1.81 bits per heavy atom. The fourth-order valence-corrected chi connectivity index (χ4v) is 3.40. The lowest BCUT2D eigenvalue weighted by molar-refractivity contribution is 0.0383. The van der Waals surface area contributed by atoms with E-state index in [-0.39, 0.29) is 11.8 Å². The molecule has 6 nitrogen and oxygen atoms in total. The standard InChI is InChI=1S/C20H22IN3O3/c21-16-5-3-4-15(14-16)19(25)23-18-7-2-1-6-17(18)20(26)22-8-9-24-10-12-27-13-11-24/h1-7,14H,8-13H2,(H,22,26)(H,23,25). The summed E-state index contributed by atoms with van der Waals surface area (Å²) in [6.07, 6.45) is 0. The molecule has 1 saturated heterocycles. The number of para-hydroxylation sites is 1. The summed E-state index contributed by atoms with van der Waals surface area (Å²) in [5, 5.41) is 5.78. The predicted molar refractivity (Wildman–Crippen MR) is 113 cm³/mol. The van der Waals surface area contributed by atoms with Gasteiger partial charge in [-0.2, -0.15) is 0 Å². The topological polar surface area (TPSA) is 70.7 Å². The number of morpholine rings is 1. The van der Waals surface area contributed by atoms with Gasteiger partial charge in [0.1, 0.15) is 0 Å². The first-order valence-electron chi connectivity index (χ1n) is 8.88. The zero-order valence-corrected chi connectivity index (χ0v) is 17.1. The van der Waals surface area contributed by atoms with Crippen LogP contribution >= 0.6 is 22.6 Å². The van der Waals surface area contributed by atoms with Gasteiger partial charge in [0.15, 0.2) is 0 Å². The third-order valence-electron chi connectivity index (χ3n) is 4.32. The van der Waals surface area contributed by atoms with Gasteiger partial charge >= 0.3 is 0 Å². The predicted octanol–water partition coefficient (Wildman–Crippen LogP) is 2.61. The number of carbonyl (C=O) groups is 2. The zero-order valence-electron chi connectivity index (χ0n) is 14.9. The molecular formula is C20H22IN3O3. The van der Waals surface area contributed by atoms with Crippen molar-refractivity contribution in [3.63, 3.8) is 0 Å². The van der Waals surface area contributed by atoms with E-state index >= 15 is 0 Å². The molecule has 7 heteroatoms. The largest absolute Gasteiger partial charge is 0.379 e. The SMILES string of the molecule is O=C(Nc1ccccc1C(=O)NCCN1CCOCC1)c1cccc(I)c1. The molecule has 142 valence electrons. The van der Waals surface area contributed by atoms with Crippen LogP contribution in [0.4, 0.5) is 5.69 Å². The van der Waals surface area contributed by atoms with E-state index in [2.05, 4.69) is 38.1 Å². The number of halogens is 1. The number of anilines is 1. The molecule has 2 aromatic carbocycles. The first-order valence-corrected chi connectivity index (χ1v) is 9.95. The van der Waals surface area contributed by atoms with Crippen LogP contribution in [0.5, 0.6) is 0 Å². The molecule has 0 spiro atoms. The summed E-state index contributed by atoms with van der Waals surface area (Å²) >= 11 is 2.16. The molecule has 2 N–H and O–H groups in total. The smallest absolute Gasteiger partial charge is 0.255 e. The van der Waals surface area contributed by atoms with Gasteiger partial charge in [-0.1, -0.05) is 18.2 Å². The van der Waals surface area contributed by atoms with Crippen LogP contribution in [-0.2, 0) is 4.74 Å². The second-order valence-electron chi connectivity index (χ2n) is 6.22. The maximum Gasteiger partial charge on any atom is 0.255 e. The van der Waals surface area contributed by atoms with Crippen LogP contribution in [0.2, 0.25) is 0 Å². The van der Waals surface area contributed by atoms with E-state index in [0.717, 1.165) is 36.4 Å². The van der Waals surface area contributed by atoms with Gasteiger partial charge in [-0.25, -0.2) is 0 Å². The van der Waals surface area contributed by atoms with Crippen molar-refractivity contribution in [2.24, 2.45) is 0 Å². The van der Waals surface area contributed by atoms with E-state index in [1.165, 1.54) is 0 Å². The summed E-state index contributed by atoms with van der Waals surface area (Å²) in [5.74, 6) is -0.427. The molecule has 0 saturated carbocycles. The molecule has 1 fully saturated rings. The van der Waals surface area contributed by atoms with Crippen molar-refractivity contribution in [1.82, 2.24) is 10.2 Å². The van der Waals surface area contributed by atoms with Gasteiger partial charge in [0.25, 0.3) is 11.8 Å². The molecule has 0 atom stereocenters. The molecule has 1 aliphatic heterocycles. The van der Waals surface area contributed by atoms with E-state index in [0.29, 0.717) is 23.4 Å². The molecule has 0 radical (unpaired) electrons. The highest BCUT2D eigenvalue weighted by atomic mass is 127. The van der Waals surface area contributed by atoms with E-state index in [1.54, 1.807) is 36.4 Å². The zero-order chi connectivity index (χ0) is 19.1. The Kier molecular flexibility index (Phi) is 7.19. The Labute approximate surface area is 172 Å². The minimum absolute atomic E-state index is 0.193. The second-order valence-corrected chi connectivity index (χ2v) is 7.47. The molecule has 0 bridgehead atoms. The summed E-state index contributed by atoms with van der Waals surface area (Å²) in [7, 11) is 0. The Morgan fingerprint density at radius 3 is 2.59 bits per heavy atom. The molecule has 0 aromatic heterocycles. The van der Waals surface area contributed by atoms with Crippen molar-refractivity contribution < 1.29 is 14.3 Å². The third-order valence-corrected chi connectivity index (χ3v) is 4.99. The molecule has 2 aromatic rings. The highest BCUT2D eigenvalue weighted by Crippen LogP contribution is 2.17. The molecule has 27 heavy (non-hydrogen) atoms. The number of hydrogen-bond donors (Lipinski definition) is 2. The monoisotopic (exact) mass is 479 g/mol. The molecule has 1 heterocycles. The van der Waals surface area contributed by atoms with E-state index < -0.39 is 0 Å². The van der Waals surface area contributed by atoms with Crippen molar-refractivity contribution in [3.8, 4) is 0 Å². The quantitative estimate of drug-likeness (QED) is 0.626.